The number of carbonyl (C=O) groups is 2. The molecule has 2 heterocycles. The van der Waals surface area contributed by atoms with Gasteiger partial charge in [-0.2, -0.15) is 28.4 Å². The highest BCUT2D eigenvalue weighted by atomic mass is 35.5. The third-order valence-corrected chi connectivity index (χ3v) is 6.80. The van der Waals surface area contributed by atoms with Crippen molar-refractivity contribution in [2.45, 2.75) is 46.0 Å². The molecule has 0 radical (unpaired) electrons. The highest BCUT2D eigenvalue weighted by Gasteiger charge is 2.23. The van der Waals surface area contributed by atoms with Crippen LogP contribution in [0.2, 0.25) is 10.3 Å². The Hall–Kier alpha value is -3.17. The summed E-state index contributed by atoms with van der Waals surface area (Å²) in [5.41, 5.74) is -1.37. The number of aromatic nitrogens is 6. The number of carboxylic acid groups (broad SMARTS) is 1. The second kappa shape index (κ2) is 25.0. The van der Waals surface area contributed by atoms with Crippen molar-refractivity contribution in [1.29, 1.82) is 0 Å². The first-order chi connectivity index (χ1) is 24.6. The molecule has 53 heavy (non-hydrogen) atoms. The van der Waals surface area contributed by atoms with Gasteiger partial charge in [0.2, 0.25) is 17.2 Å². The molecule has 2 atom stereocenters. The summed E-state index contributed by atoms with van der Waals surface area (Å²) in [7, 11) is -3.71. The van der Waals surface area contributed by atoms with E-state index in [1.807, 2.05) is 19.2 Å². The number of aryl methyl sites for hydroxylation is 1. The number of nitrogens with zero attached hydrogens (tertiary/aromatic N) is 6. The topological polar surface area (TPSA) is 239 Å². The second-order valence-corrected chi connectivity index (χ2v) is 15.7. The van der Waals surface area contributed by atoms with E-state index in [0.717, 1.165) is 25.2 Å². The second-order valence-electron chi connectivity index (χ2n) is 10.4. The molecule has 0 amide bonds. The lowest BCUT2D eigenvalue weighted by Crippen LogP contribution is -2.25. The Morgan fingerprint density at radius 3 is 2.02 bits per heavy atom. The number of rotatable bonds is 14. The van der Waals surface area contributed by atoms with Gasteiger partial charge in [-0.05, 0) is 67.9 Å². The maximum absolute atomic E-state index is 14.2. The Kier molecular flexibility index (Phi) is 23.5. The first-order valence-electron chi connectivity index (χ1n) is 15.2. The summed E-state index contributed by atoms with van der Waals surface area (Å²) in [5.74, 6) is -2.10. The van der Waals surface area contributed by atoms with Crippen LogP contribution in [-0.4, -0.2) is 108 Å². The summed E-state index contributed by atoms with van der Waals surface area (Å²) in [4.78, 5) is 63.4. The minimum Gasteiger partial charge on any atom is -0.778 e. The largest absolute Gasteiger partial charge is 0.778 e. The van der Waals surface area contributed by atoms with E-state index < -0.39 is 55.8 Å². The minimum absolute atomic E-state index is 0.0424. The number of benzene rings is 1. The van der Waals surface area contributed by atoms with E-state index in [0.29, 0.717) is 27.5 Å². The molecule has 25 heteroatoms. The lowest BCUT2D eigenvalue weighted by atomic mass is 10.1. The van der Waals surface area contributed by atoms with Gasteiger partial charge in [-0.25, -0.2) is 13.8 Å². The van der Waals surface area contributed by atoms with Crippen molar-refractivity contribution in [3.8, 4) is 5.69 Å². The Labute approximate surface area is 321 Å². The molecule has 5 N–H and O–H groups in total. The molecular weight excluding hydrogens is 817 g/mol. The molecule has 2 unspecified atom stereocenters. The monoisotopic (exact) mass is 857 g/mol. The van der Waals surface area contributed by atoms with Crippen LogP contribution in [0.15, 0.2) is 16.9 Å². The van der Waals surface area contributed by atoms with Crippen molar-refractivity contribution in [3.05, 3.63) is 50.1 Å². The number of anilines is 2. The Morgan fingerprint density at radius 2 is 1.60 bits per heavy atom. The Morgan fingerprint density at radius 1 is 1.08 bits per heavy atom. The highest BCUT2D eigenvalue weighted by Crippen LogP contribution is 2.26. The molecule has 0 aliphatic heterocycles. The molecule has 1 aromatic carbocycles. The summed E-state index contributed by atoms with van der Waals surface area (Å²) in [6.07, 6.45) is 5.76. The summed E-state index contributed by atoms with van der Waals surface area (Å²) in [5, 5.41) is 18.6. The Bertz CT molecular complexity index is 1690. The smallest absolute Gasteiger partial charge is 0.355 e. The molecule has 0 spiro atoms. The molecule has 17 nitrogen and oxygen atoms in total. The molecule has 0 saturated carbocycles. The van der Waals surface area contributed by atoms with Crippen molar-refractivity contribution in [3.63, 3.8) is 0 Å². The van der Waals surface area contributed by atoms with Crippen molar-refractivity contribution in [2.75, 3.05) is 61.9 Å². The molecule has 0 bridgehead atoms. The van der Waals surface area contributed by atoms with Crippen molar-refractivity contribution >= 4 is 77.1 Å². The van der Waals surface area contributed by atoms with Crippen LogP contribution in [0.4, 0.5) is 25.1 Å². The summed E-state index contributed by atoms with van der Waals surface area (Å²) in [6, 6.07) is 2.03. The van der Waals surface area contributed by atoms with Gasteiger partial charge in [0.05, 0.1) is 38.2 Å². The summed E-state index contributed by atoms with van der Waals surface area (Å²) in [6.45, 7) is 4.76. The van der Waals surface area contributed by atoms with Crippen LogP contribution in [0.3, 0.4) is 0 Å². The summed E-state index contributed by atoms with van der Waals surface area (Å²) >= 11 is 17.6. The van der Waals surface area contributed by atoms with Crippen LogP contribution < -0.4 is 26.5 Å². The molecule has 0 aliphatic rings. The van der Waals surface area contributed by atoms with Crippen molar-refractivity contribution < 1.29 is 47.0 Å². The molecule has 3 rings (SSSR count). The third-order valence-electron chi connectivity index (χ3n) is 5.33. The van der Waals surface area contributed by atoms with Gasteiger partial charge in [-0.1, -0.05) is 11.6 Å². The molecule has 0 aliphatic carbocycles. The molecule has 3 aromatic rings. The van der Waals surface area contributed by atoms with E-state index in [9.17, 15) is 37.0 Å². The van der Waals surface area contributed by atoms with E-state index >= 15 is 0 Å². The standard InChI is InChI=1S/C15H14Cl2F3N3O3.C7H12ClN5.C3H8NO5P.C3H9S/c1-3-26-13(24)10(17)4-8-5-12(11(18)6-9(8)16)23-15(25)22(14(19)20)7(2)21-23;1-3-9-6-11-5(8)12-7(13-6)10-4-2;5-3(6)1-4-2-10(7,8)9;1-4(2)3/h5-6,10,14H,3-4H2,1-2H3;3-4H2,1-2H3,(H2,9,10,11,12,13);4H,1-2H2,(H,5,6)(H2,7,8,9);1-3H3/q;;;+1/p-1. The number of hydrogen-bond acceptors (Lipinski definition) is 13. The molecule has 300 valence electrons. The zero-order valence-corrected chi connectivity index (χ0v) is 33.7. The lowest BCUT2D eigenvalue weighted by molar-refractivity contribution is -0.193. The SMILES string of the molecule is CCNc1nc(Cl)nc(NCC)n1.CCOC(=O)C(Cl)Cc1cc(-n2nc(C)n(C(F)F)c2=O)c(F)cc1Cl.C[S+](C)C.O=C(O)CNCP(=O)([O-])O. The zero-order valence-electron chi connectivity index (χ0n) is 29.7. The average molecular weight is 859 g/mol. The van der Waals surface area contributed by atoms with Crippen LogP contribution in [-0.2, 0) is 36.2 Å². The summed E-state index contributed by atoms with van der Waals surface area (Å²) < 4.78 is 55.4. The van der Waals surface area contributed by atoms with Gasteiger partial charge < -0.3 is 34.8 Å². The average Bonchev–Trinajstić information content (AvgIpc) is 3.31. The maximum atomic E-state index is 14.2. The van der Waals surface area contributed by atoms with Crippen LogP contribution in [0.5, 0.6) is 0 Å². The number of hydrogen-bond donors (Lipinski definition) is 5. The number of nitrogens with one attached hydrogen (secondary N) is 3. The van der Waals surface area contributed by atoms with E-state index in [-0.39, 0.29) is 45.0 Å². The van der Waals surface area contributed by atoms with Crippen molar-refractivity contribution in [2.24, 2.45) is 0 Å². The third kappa shape index (κ3) is 20.2. The van der Waals surface area contributed by atoms with Crippen molar-refractivity contribution in [1.82, 2.24) is 34.6 Å². The fourth-order valence-corrected chi connectivity index (χ4v) is 4.41. The fraction of sp³-hybridized carbons (Fsp3) is 0.536. The number of alkyl halides is 3. The van der Waals surface area contributed by atoms with Gasteiger partial charge in [0.15, 0.2) is 5.82 Å². The first-order valence-corrected chi connectivity index (χ1v) is 20.6. The van der Waals surface area contributed by atoms with E-state index in [2.05, 4.69) is 49.5 Å². The van der Waals surface area contributed by atoms with Gasteiger partial charge in [-0.15, -0.1) is 16.7 Å². The van der Waals surface area contributed by atoms with E-state index in [1.54, 1.807) is 6.92 Å². The quantitative estimate of drug-likeness (QED) is 0.0677. The number of ether oxygens (including phenoxy) is 1. The van der Waals surface area contributed by atoms with Gasteiger partial charge in [0.25, 0.3) is 0 Å². The number of aliphatic carboxylic acids is 1. The normalized spacial score (nSPS) is 12.2. The lowest BCUT2D eigenvalue weighted by Gasteiger charge is -2.14. The zero-order chi connectivity index (χ0) is 41.1. The Balaban J connectivity index is 0.000000830. The van der Waals surface area contributed by atoms with Crippen LogP contribution >= 0.6 is 42.4 Å². The van der Waals surface area contributed by atoms with E-state index in [1.165, 1.54) is 6.92 Å². The van der Waals surface area contributed by atoms with Crippen LogP contribution in [0, 0.1) is 12.7 Å². The van der Waals surface area contributed by atoms with E-state index in [4.69, 9.17) is 49.5 Å². The number of halogens is 6. The maximum Gasteiger partial charge on any atom is 0.355 e. The van der Waals surface area contributed by atoms with Crippen LogP contribution in [0.25, 0.3) is 5.69 Å². The minimum atomic E-state index is -4.35. The van der Waals surface area contributed by atoms with Gasteiger partial charge in [0.1, 0.15) is 24.5 Å². The van der Waals surface area contributed by atoms with Gasteiger partial charge in [-0.3, -0.25) is 14.9 Å². The van der Waals surface area contributed by atoms with Crippen LogP contribution in [0.1, 0.15) is 38.7 Å². The number of carboxylic acids is 1. The first kappa shape index (κ1) is 49.8. The highest BCUT2D eigenvalue weighted by molar-refractivity contribution is 7.94. The predicted octanol–water partition coefficient (Wildman–Crippen LogP) is 3.29. The molecule has 0 saturated heterocycles. The number of esters is 1. The number of carbonyl (C=O) groups excluding carboxylic acids is 1. The predicted molar refractivity (Wildman–Crippen MR) is 197 cm³/mol. The van der Waals surface area contributed by atoms with Gasteiger partial charge in [0, 0.05) is 24.5 Å². The molecule has 0 fully saturated rings. The molecule has 2 aromatic heterocycles. The van der Waals surface area contributed by atoms with Gasteiger partial charge >= 0.3 is 24.2 Å². The molecular formula is C28H42Cl3F3N9O8PS. The fourth-order valence-electron chi connectivity index (χ4n) is 3.39.